The number of carboxylic acid groups (broad SMARTS) is 1. The lowest BCUT2D eigenvalue weighted by Gasteiger charge is -2.10. The molecule has 9 heteroatoms. The quantitative estimate of drug-likeness (QED) is 0.305. The summed E-state index contributed by atoms with van der Waals surface area (Å²) in [5.41, 5.74) is 13.4. The summed E-state index contributed by atoms with van der Waals surface area (Å²) in [7, 11) is 0. The number of hydrogen-bond acceptors (Lipinski definition) is 8. The van der Waals surface area contributed by atoms with Gasteiger partial charge in [0.15, 0.2) is 0 Å². The molecule has 1 heterocycles. The molecule has 168 valence electrons. The van der Waals surface area contributed by atoms with Crippen LogP contribution in [0, 0.1) is 0 Å². The lowest BCUT2D eigenvalue weighted by Crippen LogP contribution is -2.32. The number of anilines is 2. The van der Waals surface area contributed by atoms with Crippen molar-refractivity contribution in [3.05, 3.63) is 77.9 Å². The lowest BCUT2D eigenvalue weighted by atomic mass is 10.1. The van der Waals surface area contributed by atoms with E-state index in [4.69, 9.17) is 21.3 Å². The second-order valence-electron chi connectivity index (χ2n) is 7.55. The number of aliphatic carboxylic acids is 1. The van der Waals surface area contributed by atoms with E-state index in [9.17, 15) is 4.79 Å². The first-order chi connectivity index (χ1) is 16.0. The van der Waals surface area contributed by atoms with Crippen molar-refractivity contribution in [3.8, 4) is 11.8 Å². The minimum atomic E-state index is -1.04. The summed E-state index contributed by atoms with van der Waals surface area (Å²) in [6.45, 7) is 0.611. The molecular formula is C24H24N6O3. The highest BCUT2D eigenvalue weighted by atomic mass is 16.5. The Bertz CT molecular complexity index is 1260. The van der Waals surface area contributed by atoms with E-state index in [0.717, 1.165) is 12.0 Å². The SMILES string of the molecule is Nc1nc(NCCc2ccc3ccccc3c2)nc(Oc2ccc(C[C@H](N)C(=O)O)cc2)n1. The van der Waals surface area contributed by atoms with Crippen LogP contribution in [0.4, 0.5) is 11.9 Å². The fourth-order valence-electron chi connectivity index (χ4n) is 3.35. The molecule has 3 aromatic carbocycles. The van der Waals surface area contributed by atoms with E-state index in [0.29, 0.717) is 18.2 Å². The van der Waals surface area contributed by atoms with Crippen molar-refractivity contribution >= 4 is 28.6 Å². The van der Waals surface area contributed by atoms with Crippen molar-refractivity contribution in [2.45, 2.75) is 18.9 Å². The zero-order valence-electron chi connectivity index (χ0n) is 17.8. The first-order valence-electron chi connectivity index (χ1n) is 10.4. The summed E-state index contributed by atoms with van der Waals surface area (Å²) in [4.78, 5) is 23.3. The van der Waals surface area contributed by atoms with Crippen LogP contribution < -0.4 is 21.5 Å². The molecule has 4 aromatic rings. The highest BCUT2D eigenvalue weighted by Gasteiger charge is 2.12. The Hall–Kier alpha value is -4.24. The Labute approximate surface area is 190 Å². The van der Waals surface area contributed by atoms with Gasteiger partial charge in [-0.05, 0) is 46.9 Å². The molecule has 9 nitrogen and oxygen atoms in total. The number of fused-ring (bicyclic) bond motifs is 1. The van der Waals surface area contributed by atoms with E-state index in [1.165, 1.54) is 16.3 Å². The molecule has 0 radical (unpaired) electrons. The number of carboxylic acids is 1. The minimum absolute atomic E-state index is 0.0391. The Kier molecular flexibility index (Phi) is 6.61. The molecule has 0 amide bonds. The van der Waals surface area contributed by atoms with E-state index in [1.54, 1.807) is 24.3 Å². The van der Waals surface area contributed by atoms with Gasteiger partial charge in [-0.2, -0.15) is 15.0 Å². The number of rotatable bonds is 9. The van der Waals surface area contributed by atoms with Gasteiger partial charge in [0.25, 0.3) is 0 Å². The largest absolute Gasteiger partial charge is 0.480 e. The number of ether oxygens (including phenoxy) is 1. The van der Waals surface area contributed by atoms with Gasteiger partial charge in [0.05, 0.1) is 0 Å². The normalized spacial score (nSPS) is 11.8. The number of aromatic nitrogens is 3. The molecule has 4 rings (SSSR count). The summed E-state index contributed by atoms with van der Waals surface area (Å²) in [5, 5.41) is 14.5. The predicted octanol–water partition coefficient (Wildman–Crippen LogP) is 3.01. The zero-order valence-corrected chi connectivity index (χ0v) is 17.8. The molecule has 0 aliphatic rings. The van der Waals surface area contributed by atoms with Crippen LogP contribution in [0.1, 0.15) is 11.1 Å². The van der Waals surface area contributed by atoms with Crippen LogP contribution in [-0.4, -0.2) is 38.6 Å². The molecule has 0 aliphatic heterocycles. The van der Waals surface area contributed by atoms with Crippen molar-refractivity contribution in [1.82, 2.24) is 15.0 Å². The van der Waals surface area contributed by atoms with Crippen molar-refractivity contribution in [1.29, 1.82) is 0 Å². The number of nitrogen functional groups attached to an aromatic ring is 1. The van der Waals surface area contributed by atoms with Crippen LogP contribution in [0.3, 0.4) is 0 Å². The first kappa shape index (κ1) is 22.0. The van der Waals surface area contributed by atoms with Crippen molar-refractivity contribution in [3.63, 3.8) is 0 Å². The second-order valence-corrected chi connectivity index (χ2v) is 7.55. The molecular weight excluding hydrogens is 420 g/mol. The number of nitrogens with zero attached hydrogens (tertiary/aromatic N) is 3. The summed E-state index contributed by atoms with van der Waals surface area (Å²) < 4.78 is 5.69. The first-order valence-corrected chi connectivity index (χ1v) is 10.4. The van der Waals surface area contributed by atoms with Gasteiger partial charge in [-0.1, -0.05) is 54.6 Å². The van der Waals surface area contributed by atoms with Crippen LogP contribution in [-0.2, 0) is 17.6 Å². The van der Waals surface area contributed by atoms with Gasteiger partial charge in [0.2, 0.25) is 11.9 Å². The van der Waals surface area contributed by atoms with Gasteiger partial charge in [0.1, 0.15) is 11.8 Å². The minimum Gasteiger partial charge on any atom is -0.480 e. The van der Waals surface area contributed by atoms with Crippen LogP contribution in [0.25, 0.3) is 10.8 Å². The van der Waals surface area contributed by atoms with Crippen molar-refractivity contribution < 1.29 is 14.6 Å². The Morgan fingerprint density at radius 2 is 1.70 bits per heavy atom. The maximum absolute atomic E-state index is 10.9. The topological polar surface area (TPSA) is 149 Å². The van der Waals surface area contributed by atoms with Gasteiger partial charge in [-0.25, -0.2) is 0 Å². The smallest absolute Gasteiger partial charge is 0.328 e. The van der Waals surface area contributed by atoms with E-state index in [2.05, 4.69) is 50.6 Å². The maximum Gasteiger partial charge on any atom is 0.328 e. The Morgan fingerprint density at radius 1 is 0.970 bits per heavy atom. The lowest BCUT2D eigenvalue weighted by molar-refractivity contribution is -0.138. The molecule has 0 fully saturated rings. The number of carbonyl (C=O) groups is 1. The van der Waals surface area contributed by atoms with Crippen LogP contribution >= 0.6 is 0 Å². The zero-order chi connectivity index (χ0) is 23.2. The van der Waals surface area contributed by atoms with Crippen LogP contribution in [0.2, 0.25) is 0 Å². The summed E-state index contributed by atoms with van der Waals surface area (Å²) in [6.07, 6.45) is 1.01. The number of benzene rings is 3. The number of hydrogen-bond donors (Lipinski definition) is 4. The Balaban J connectivity index is 1.36. The second kappa shape index (κ2) is 9.92. The van der Waals surface area contributed by atoms with Crippen molar-refractivity contribution in [2.24, 2.45) is 5.73 Å². The molecule has 1 aromatic heterocycles. The molecule has 0 unspecified atom stereocenters. The molecule has 1 atom stereocenters. The predicted molar refractivity (Wildman–Crippen MR) is 126 cm³/mol. The molecule has 0 saturated heterocycles. The summed E-state index contributed by atoms with van der Waals surface area (Å²) in [6, 6.07) is 20.6. The van der Waals surface area contributed by atoms with Crippen molar-refractivity contribution in [2.75, 3.05) is 17.6 Å². The van der Waals surface area contributed by atoms with Gasteiger partial charge in [-0.15, -0.1) is 0 Å². The molecule has 6 N–H and O–H groups in total. The molecule has 0 spiro atoms. The highest BCUT2D eigenvalue weighted by Crippen LogP contribution is 2.21. The molecule has 0 aliphatic carbocycles. The molecule has 0 bridgehead atoms. The van der Waals surface area contributed by atoms with Gasteiger partial charge in [-0.3, -0.25) is 4.79 Å². The summed E-state index contributed by atoms with van der Waals surface area (Å²) >= 11 is 0. The monoisotopic (exact) mass is 444 g/mol. The number of nitrogens with one attached hydrogen (secondary N) is 1. The summed E-state index contributed by atoms with van der Waals surface area (Å²) in [5.74, 6) is -0.202. The fourth-order valence-corrected chi connectivity index (χ4v) is 3.35. The third-order valence-corrected chi connectivity index (χ3v) is 5.05. The number of nitrogens with two attached hydrogens (primary N) is 2. The average Bonchev–Trinajstić information content (AvgIpc) is 2.80. The fraction of sp³-hybridized carbons (Fsp3) is 0.167. The third-order valence-electron chi connectivity index (χ3n) is 5.05. The van der Waals surface area contributed by atoms with E-state index in [1.807, 2.05) is 12.1 Å². The maximum atomic E-state index is 10.9. The standard InChI is InChI=1S/C24H24N6O3/c25-20(21(31)32)14-15-6-9-19(10-7-15)33-24-29-22(26)28-23(30-24)27-12-11-16-5-8-17-3-1-2-4-18(17)13-16/h1-10,13,20H,11-12,14,25H2,(H,31,32)(H3,26,27,28,29,30)/t20-/m0/s1. The van der Waals surface area contributed by atoms with Gasteiger partial charge >= 0.3 is 12.0 Å². The van der Waals surface area contributed by atoms with Gasteiger partial charge < -0.3 is 26.6 Å². The Morgan fingerprint density at radius 3 is 2.45 bits per heavy atom. The third kappa shape index (κ3) is 5.92. The molecule has 33 heavy (non-hydrogen) atoms. The molecule has 0 saturated carbocycles. The highest BCUT2D eigenvalue weighted by molar-refractivity contribution is 5.83. The van der Waals surface area contributed by atoms with E-state index >= 15 is 0 Å². The van der Waals surface area contributed by atoms with Crippen LogP contribution in [0.5, 0.6) is 11.8 Å². The average molecular weight is 444 g/mol. The van der Waals surface area contributed by atoms with E-state index in [-0.39, 0.29) is 18.4 Å². The van der Waals surface area contributed by atoms with Crippen LogP contribution in [0.15, 0.2) is 66.7 Å². The van der Waals surface area contributed by atoms with E-state index < -0.39 is 12.0 Å². The van der Waals surface area contributed by atoms with Gasteiger partial charge in [0, 0.05) is 6.54 Å².